The van der Waals surface area contributed by atoms with Gasteiger partial charge in [-0.25, -0.2) is 9.18 Å². The normalized spacial score (nSPS) is 11.6. The van der Waals surface area contributed by atoms with Crippen LogP contribution in [0.1, 0.15) is 17.2 Å². The maximum Gasteiger partial charge on any atom is 0.340 e. The van der Waals surface area contributed by atoms with Gasteiger partial charge in [0.1, 0.15) is 5.82 Å². The van der Waals surface area contributed by atoms with Crippen molar-refractivity contribution in [3.63, 3.8) is 0 Å². The molecular weight excluding hydrogens is 301 g/mol. The monoisotopic (exact) mass is 317 g/mol. The van der Waals surface area contributed by atoms with E-state index >= 15 is 0 Å². The summed E-state index contributed by atoms with van der Waals surface area (Å²) in [6.07, 6.45) is -1.43. The summed E-state index contributed by atoms with van der Waals surface area (Å²) in [5.74, 6) is -1.76. The zero-order valence-electron chi connectivity index (χ0n) is 12.2. The van der Waals surface area contributed by atoms with Gasteiger partial charge in [0, 0.05) is 6.54 Å². The van der Waals surface area contributed by atoms with Gasteiger partial charge in [0.05, 0.1) is 0 Å². The quantitative estimate of drug-likeness (QED) is 0.796. The lowest BCUT2D eigenvalue weighted by atomic mass is 10.1. The van der Waals surface area contributed by atoms with Crippen LogP contribution in [0.5, 0.6) is 0 Å². The van der Waals surface area contributed by atoms with Crippen LogP contribution in [-0.2, 0) is 20.9 Å². The number of hydrogen-bond donors (Lipinski definition) is 2. The van der Waals surface area contributed by atoms with E-state index in [1.54, 1.807) is 42.5 Å². The molecule has 2 aromatic rings. The number of nitrogens with one attached hydrogen (secondary N) is 1. The molecule has 120 valence electrons. The predicted molar refractivity (Wildman–Crippen MR) is 80.6 cm³/mol. The first-order valence-electron chi connectivity index (χ1n) is 6.97. The SMILES string of the molecule is O=C(COC(=O)[C@@H](O)c1ccccc1)NCc1ccc(F)cc1. The van der Waals surface area contributed by atoms with Gasteiger partial charge in [0.2, 0.25) is 0 Å². The Morgan fingerprint density at radius 2 is 1.74 bits per heavy atom. The Morgan fingerprint density at radius 3 is 2.39 bits per heavy atom. The average Bonchev–Trinajstić information content (AvgIpc) is 2.59. The third-order valence-electron chi connectivity index (χ3n) is 3.09. The molecule has 0 radical (unpaired) electrons. The molecule has 0 aliphatic rings. The van der Waals surface area contributed by atoms with Gasteiger partial charge in [-0.15, -0.1) is 0 Å². The van der Waals surface area contributed by atoms with Crippen LogP contribution in [0.4, 0.5) is 4.39 Å². The summed E-state index contributed by atoms with van der Waals surface area (Å²) in [5.41, 5.74) is 1.11. The third kappa shape index (κ3) is 5.19. The average molecular weight is 317 g/mol. The zero-order valence-corrected chi connectivity index (χ0v) is 12.2. The minimum atomic E-state index is -1.43. The van der Waals surface area contributed by atoms with E-state index in [1.807, 2.05) is 0 Å². The van der Waals surface area contributed by atoms with Crippen LogP contribution >= 0.6 is 0 Å². The molecule has 5 nitrogen and oxygen atoms in total. The Balaban J connectivity index is 1.75. The van der Waals surface area contributed by atoms with Crippen molar-refractivity contribution in [3.05, 3.63) is 71.5 Å². The molecule has 0 aliphatic carbocycles. The highest BCUT2D eigenvalue weighted by atomic mass is 19.1. The van der Waals surface area contributed by atoms with Crippen molar-refractivity contribution >= 4 is 11.9 Å². The van der Waals surface area contributed by atoms with Gasteiger partial charge in [0.25, 0.3) is 5.91 Å². The van der Waals surface area contributed by atoms with Gasteiger partial charge in [0.15, 0.2) is 12.7 Å². The number of aliphatic hydroxyl groups excluding tert-OH is 1. The van der Waals surface area contributed by atoms with Crippen LogP contribution in [0.3, 0.4) is 0 Å². The summed E-state index contributed by atoms with van der Waals surface area (Å²) in [5, 5.41) is 12.3. The summed E-state index contributed by atoms with van der Waals surface area (Å²) >= 11 is 0. The Hall–Kier alpha value is -2.73. The largest absolute Gasteiger partial charge is 0.453 e. The summed E-state index contributed by atoms with van der Waals surface area (Å²) in [6, 6.07) is 13.9. The Bertz CT molecular complexity index is 658. The summed E-state index contributed by atoms with van der Waals surface area (Å²) in [6.45, 7) is -0.304. The first-order valence-corrected chi connectivity index (χ1v) is 6.97. The maximum absolute atomic E-state index is 12.7. The van der Waals surface area contributed by atoms with Crippen LogP contribution in [-0.4, -0.2) is 23.6 Å². The molecule has 6 heteroatoms. The highest BCUT2D eigenvalue weighted by Crippen LogP contribution is 2.13. The second-order valence-corrected chi connectivity index (χ2v) is 4.82. The maximum atomic E-state index is 12.7. The highest BCUT2D eigenvalue weighted by molar-refractivity contribution is 5.82. The van der Waals surface area contributed by atoms with E-state index < -0.39 is 24.6 Å². The lowest BCUT2D eigenvalue weighted by molar-refractivity contribution is -0.157. The summed E-state index contributed by atoms with van der Waals surface area (Å²) in [4.78, 5) is 23.3. The van der Waals surface area contributed by atoms with Crippen LogP contribution in [0.25, 0.3) is 0 Å². The Labute approximate surface area is 132 Å². The van der Waals surface area contributed by atoms with Gasteiger partial charge in [-0.2, -0.15) is 0 Å². The van der Waals surface area contributed by atoms with Crippen LogP contribution in [0.15, 0.2) is 54.6 Å². The molecule has 0 spiro atoms. The van der Waals surface area contributed by atoms with Crippen molar-refractivity contribution in [1.82, 2.24) is 5.32 Å². The smallest absolute Gasteiger partial charge is 0.340 e. The number of rotatable bonds is 6. The number of esters is 1. The molecular formula is C17H16FNO4. The van der Waals surface area contributed by atoms with E-state index in [-0.39, 0.29) is 12.4 Å². The molecule has 1 amide bonds. The van der Waals surface area contributed by atoms with Crippen LogP contribution in [0.2, 0.25) is 0 Å². The molecule has 0 saturated heterocycles. The van der Waals surface area contributed by atoms with Crippen molar-refractivity contribution in [3.8, 4) is 0 Å². The molecule has 0 bridgehead atoms. The van der Waals surface area contributed by atoms with Gasteiger partial charge in [-0.3, -0.25) is 4.79 Å². The van der Waals surface area contributed by atoms with Crippen molar-refractivity contribution in [2.75, 3.05) is 6.61 Å². The number of halogens is 1. The lowest BCUT2D eigenvalue weighted by Crippen LogP contribution is -2.29. The van der Waals surface area contributed by atoms with E-state index in [1.165, 1.54) is 12.1 Å². The van der Waals surface area contributed by atoms with Crippen molar-refractivity contribution in [1.29, 1.82) is 0 Å². The van der Waals surface area contributed by atoms with Crippen LogP contribution in [0, 0.1) is 5.82 Å². The predicted octanol–water partition coefficient (Wildman–Crippen LogP) is 1.72. The van der Waals surface area contributed by atoms with Crippen molar-refractivity contribution in [2.24, 2.45) is 0 Å². The number of benzene rings is 2. The lowest BCUT2D eigenvalue weighted by Gasteiger charge is -2.11. The van der Waals surface area contributed by atoms with E-state index in [9.17, 15) is 19.1 Å². The van der Waals surface area contributed by atoms with Crippen LogP contribution < -0.4 is 5.32 Å². The molecule has 2 aromatic carbocycles. The number of aliphatic hydroxyl groups is 1. The fourth-order valence-corrected chi connectivity index (χ4v) is 1.84. The number of carbonyl (C=O) groups excluding carboxylic acids is 2. The standard InChI is InChI=1S/C17H16FNO4/c18-14-8-6-12(7-9-14)10-19-15(20)11-23-17(22)16(21)13-4-2-1-3-5-13/h1-9,16,21H,10-11H2,(H,19,20)/t16-/m0/s1. The molecule has 0 heterocycles. The van der Waals surface area contributed by atoms with E-state index in [0.29, 0.717) is 5.56 Å². The molecule has 2 N–H and O–H groups in total. The van der Waals surface area contributed by atoms with Gasteiger partial charge in [-0.1, -0.05) is 42.5 Å². The van der Waals surface area contributed by atoms with Gasteiger partial charge >= 0.3 is 5.97 Å². The van der Waals surface area contributed by atoms with E-state index in [2.05, 4.69) is 5.32 Å². The number of carbonyl (C=O) groups is 2. The highest BCUT2D eigenvalue weighted by Gasteiger charge is 2.19. The topological polar surface area (TPSA) is 75.6 Å². The second-order valence-electron chi connectivity index (χ2n) is 4.82. The fourth-order valence-electron chi connectivity index (χ4n) is 1.84. The molecule has 0 aromatic heterocycles. The van der Waals surface area contributed by atoms with E-state index in [0.717, 1.165) is 5.56 Å². The number of ether oxygens (including phenoxy) is 1. The fraction of sp³-hybridized carbons (Fsp3) is 0.176. The van der Waals surface area contributed by atoms with Gasteiger partial charge < -0.3 is 15.2 Å². The molecule has 2 rings (SSSR count). The van der Waals surface area contributed by atoms with E-state index in [4.69, 9.17) is 4.74 Å². The first-order chi connectivity index (χ1) is 11.1. The minimum absolute atomic E-state index is 0.192. The Morgan fingerprint density at radius 1 is 1.09 bits per heavy atom. The minimum Gasteiger partial charge on any atom is -0.453 e. The first kappa shape index (κ1) is 16.6. The summed E-state index contributed by atoms with van der Waals surface area (Å²) < 4.78 is 17.5. The van der Waals surface area contributed by atoms with Crippen molar-refractivity contribution in [2.45, 2.75) is 12.6 Å². The second kappa shape index (κ2) is 8.05. The Kier molecular flexibility index (Phi) is 5.82. The molecule has 0 saturated carbocycles. The molecule has 23 heavy (non-hydrogen) atoms. The number of hydrogen-bond acceptors (Lipinski definition) is 4. The van der Waals surface area contributed by atoms with Gasteiger partial charge in [-0.05, 0) is 23.3 Å². The molecule has 0 unspecified atom stereocenters. The molecule has 0 aliphatic heterocycles. The summed E-state index contributed by atoms with van der Waals surface area (Å²) in [7, 11) is 0. The number of amides is 1. The molecule has 0 fully saturated rings. The zero-order chi connectivity index (χ0) is 16.7. The molecule has 1 atom stereocenters. The third-order valence-corrected chi connectivity index (χ3v) is 3.09. The van der Waals surface area contributed by atoms with Crippen molar-refractivity contribution < 1.29 is 23.8 Å².